The first kappa shape index (κ1) is 20.1. The van der Waals surface area contributed by atoms with Crippen LogP contribution in [0.1, 0.15) is 56.0 Å². The van der Waals surface area contributed by atoms with E-state index in [1.165, 1.54) is 5.56 Å². The highest BCUT2D eigenvalue weighted by atomic mass is 16.2. The molecule has 1 fully saturated rings. The van der Waals surface area contributed by atoms with Crippen molar-refractivity contribution in [2.75, 3.05) is 11.9 Å². The average molecular weight is 379 g/mol. The van der Waals surface area contributed by atoms with Crippen LogP contribution >= 0.6 is 0 Å². The van der Waals surface area contributed by atoms with Crippen LogP contribution < -0.4 is 5.32 Å². The number of nitrogens with zero attached hydrogens (tertiary/aromatic N) is 1. The van der Waals surface area contributed by atoms with Crippen LogP contribution in [0, 0.1) is 5.41 Å². The van der Waals surface area contributed by atoms with Gasteiger partial charge >= 0.3 is 0 Å². The molecule has 0 saturated carbocycles. The zero-order chi connectivity index (χ0) is 20.1. The molecular weight excluding hydrogens is 348 g/mol. The molecule has 3 rings (SSSR count). The van der Waals surface area contributed by atoms with Gasteiger partial charge in [-0.3, -0.25) is 9.59 Å². The predicted octanol–water partition coefficient (Wildman–Crippen LogP) is 4.91. The molecule has 1 aliphatic heterocycles. The normalized spacial score (nSPS) is 16.8. The summed E-state index contributed by atoms with van der Waals surface area (Å²) >= 11 is 0. The summed E-state index contributed by atoms with van der Waals surface area (Å²) in [7, 11) is 0. The summed E-state index contributed by atoms with van der Waals surface area (Å²) in [6.45, 7) is 6.42. The lowest BCUT2D eigenvalue weighted by molar-refractivity contribution is -0.123. The van der Waals surface area contributed by atoms with E-state index in [1.807, 2.05) is 49.9 Å². The van der Waals surface area contributed by atoms with Crippen LogP contribution in [0.3, 0.4) is 0 Å². The molecule has 1 saturated heterocycles. The highest BCUT2D eigenvalue weighted by Crippen LogP contribution is 2.25. The van der Waals surface area contributed by atoms with Gasteiger partial charge in [0.25, 0.3) is 5.91 Å². The minimum Gasteiger partial charge on any atom is -0.336 e. The maximum Gasteiger partial charge on any atom is 0.254 e. The van der Waals surface area contributed by atoms with Crippen molar-refractivity contribution < 1.29 is 9.59 Å². The molecule has 2 aromatic rings. The number of carbonyl (C=O) groups excluding carboxylic acids is 2. The van der Waals surface area contributed by atoms with E-state index in [9.17, 15) is 9.59 Å². The number of aryl methyl sites for hydroxylation is 1. The van der Waals surface area contributed by atoms with Gasteiger partial charge in [-0.15, -0.1) is 0 Å². The molecule has 0 radical (unpaired) electrons. The van der Waals surface area contributed by atoms with Gasteiger partial charge in [0.15, 0.2) is 0 Å². The molecule has 0 spiro atoms. The number of benzene rings is 2. The van der Waals surface area contributed by atoms with Gasteiger partial charge in [-0.05, 0) is 49.4 Å². The molecule has 28 heavy (non-hydrogen) atoms. The molecule has 0 bridgehead atoms. The molecule has 0 aromatic heterocycles. The number of hydrogen-bond donors (Lipinski definition) is 1. The lowest BCUT2D eigenvalue weighted by atomic mass is 9.95. The van der Waals surface area contributed by atoms with Crippen LogP contribution in [0.2, 0.25) is 0 Å². The highest BCUT2D eigenvalue weighted by Gasteiger charge is 2.29. The second-order valence-electron chi connectivity index (χ2n) is 8.60. The van der Waals surface area contributed by atoms with Crippen molar-refractivity contribution in [1.82, 2.24) is 4.90 Å². The fourth-order valence-electron chi connectivity index (χ4n) is 3.60. The third-order valence-electron chi connectivity index (χ3n) is 5.30. The smallest absolute Gasteiger partial charge is 0.254 e. The molecule has 1 unspecified atom stereocenters. The monoisotopic (exact) mass is 378 g/mol. The minimum atomic E-state index is -0.475. The van der Waals surface area contributed by atoms with Gasteiger partial charge in [-0.1, -0.05) is 57.2 Å². The number of hydrogen-bond acceptors (Lipinski definition) is 2. The second kappa shape index (κ2) is 8.59. The molecule has 1 atom stereocenters. The van der Waals surface area contributed by atoms with Gasteiger partial charge in [-0.2, -0.15) is 0 Å². The van der Waals surface area contributed by atoms with Crippen molar-refractivity contribution in [3.8, 4) is 0 Å². The molecule has 4 heteroatoms. The largest absolute Gasteiger partial charge is 0.336 e. The lowest BCUT2D eigenvalue weighted by Gasteiger charge is -2.25. The number of carbonyl (C=O) groups is 2. The highest BCUT2D eigenvalue weighted by molar-refractivity contribution is 5.98. The molecule has 2 aromatic carbocycles. The Morgan fingerprint density at radius 3 is 2.54 bits per heavy atom. The molecule has 2 amide bonds. The summed E-state index contributed by atoms with van der Waals surface area (Å²) in [5.41, 5.74) is 2.15. The average Bonchev–Trinajstić information content (AvgIpc) is 3.14. The van der Waals surface area contributed by atoms with Crippen molar-refractivity contribution in [3.05, 3.63) is 65.7 Å². The Hall–Kier alpha value is -2.62. The van der Waals surface area contributed by atoms with E-state index in [0.717, 1.165) is 32.2 Å². The van der Waals surface area contributed by atoms with Crippen molar-refractivity contribution in [2.24, 2.45) is 5.41 Å². The van der Waals surface area contributed by atoms with Crippen molar-refractivity contribution in [2.45, 2.75) is 52.5 Å². The van der Waals surface area contributed by atoms with E-state index >= 15 is 0 Å². The van der Waals surface area contributed by atoms with Gasteiger partial charge in [0.1, 0.15) is 0 Å². The van der Waals surface area contributed by atoms with Gasteiger partial charge in [0, 0.05) is 29.3 Å². The Bertz CT molecular complexity index is 824. The van der Waals surface area contributed by atoms with Crippen LogP contribution in [0.15, 0.2) is 54.6 Å². The summed E-state index contributed by atoms with van der Waals surface area (Å²) < 4.78 is 0. The second-order valence-corrected chi connectivity index (χ2v) is 8.60. The van der Waals surface area contributed by atoms with E-state index in [0.29, 0.717) is 11.3 Å². The van der Waals surface area contributed by atoms with E-state index in [1.54, 1.807) is 6.07 Å². The van der Waals surface area contributed by atoms with Crippen LogP contribution in [0.4, 0.5) is 5.69 Å². The maximum absolute atomic E-state index is 13.1. The maximum atomic E-state index is 13.1. The Labute approximate surface area is 167 Å². The topological polar surface area (TPSA) is 49.4 Å². The third kappa shape index (κ3) is 5.00. The van der Waals surface area contributed by atoms with Crippen molar-refractivity contribution >= 4 is 17.5 Å². The third-order valence-corrected chi connectivity index (χ3v) is 5.30. The van der Waals surface area contributed by atoms with Gasteiger partial charge in [0.05, 0.1) is 0 Å². The Balaban J connectivity index is 1.67. The van der Waals surface area contributed by atoms with Crippen LogP contribution in [-0.2, 0) is 11.2 Å². The SMILES string of the molecule is CC(C)(C)C(=O)Nc1cccc(C(=O)N2CCCC2CCc2ccccc2)c1. The standard InChI is InChI=1S/C24H30N2O2/c1-24(2,3)23(28)25-20-12-7-11-19(17-20)22(27)26-16-8-13-21(26)15-14-18-9-5-4-6-10-18/h4-7,9-12,17,21H,8,13-16H2,1-3H3,(H,25,28). The first-order chi connectivity index (χ1) is 13.3. The van der Waals surface area contributed by atoms with Crippen LogP contribution in [0.25, 0.3) is 0 Å². The van der Waals surface area contributed by atoms with E-state index in [4.69, 9.17) is 0 Å². The Morgan fingerprint density at radius 2 is 1.82 bits per heavy atom. The number of likely N-dealkylation sites (tertiary alicyclic amines) is 1. The number of rotatable bonds is 5. The fourth-order valence-corrected chi connectivity index (χ4v) is 3.60. The van der Waals surface area contributed by atoms with Crippen molar-refractivity contribution in [1.29, 1.82) is 0 Å². The van der Waals surface area contributed by atoms with Crippen LogP contribution in [-0.4, -0.2) is 29.3 Å². The van der Waals surface area contributed by atoms with Gasteiger partial charge in [0.2, 0.25) is 5.91 Å². The molecule has 4 nitrogen and oxygen atoms in total. The van der Waals surface area contributed by atoms with E-state index in [2.05, 4.69) is 29.6 Å². The van der Waals surface area contributed by atoms with Gasteiger partial charge < -0.3 is 10.2 Å². The summed E-state index contributed by atoms with van der Waals surface area (Å²) in [5.74, 6) is 0.00132. The number of amides is 2. The van der Waals surface area contributed by atoms with Gasteiger partial charge in [-0.25, -0.2) is 0 Å². The summed E-state index contributed by atoms with van der Waals surface area (Å²) in [5, 5.41) is 2.92. The Kier molecular flexibility index (Phi) is 6.18. The minimum absolute atomic E-state index is 0.0565. The summed E-state index contributed by atoms with van der Waals surface area (Å²) in [4.78, 5) is 27.4. The molecule has 0 aliphatic carbocycles. The molecule has 148 valence electrons. The molecule has 1 heterocycles. The quantitative estimate of drug-likeness (QED) is 0.804. The number of nitrogens with one attached hydrogen (secondary N) is 1. The zero-order valence-corrected chi connectivity index (χ0v) is 17.1. The number of anilines is 1. The lowest BCUT2D eigenvalue weighted by Crippen LogP contribution is -2.36. The Morgan fingerprint density at radius 1 is 1.07 bits per heavy atom. The molecule has 1 aliphatic rings. The predicted molar refractivity (Wildman–Crippen MR) is 113 cm³/mol. The first-order valence-corrected chi connectivity index (χ1v) is 10.1. The summed E-state index contributed by atoms with van der Waals surface area (Å²) in [6, 6.07) is 18.0. The zero-order valence-electron chi connectivity index (χ0n) is 17.1. The van der Waals surface area contributed by atoms with Crippen LogP contribution in [0.5, 0.6) is 0 Å². The summed E-state index contributed by atoms with van der Waals surface area (Å²) in [6.07, 6.45) is 4.07. The fraction of sp³-hybridized carbons (Fsp3) is 0.417. The van der Waals surface area contributed by atoms with E-state index < -0.39 is 5.41 Å². The van der Waals surface area contributed by atoms with E-state index in [-0.39, 0.29) is 17.9 Å². The molecule has 1 N–H and O–H groups in total. The first-order valence-electron chi connectivity index (χ1n) is 10.1. The van der Waals surface area contributed by atoms with Crippen molar-refractivity contribution in [3.63, 3.8) is 0 Å². The molecular formula is C24H30N2O2.